The molecule has 0 saturated heterocycles. The molecule has 11 rings (SSSR count). The van der Waals surface area contributed by atoms with Gasteiger partial charge in [-0.25, -0.2) is 0 Å². The standard InChI is InChI=1S/C73H91BN2O4S2/c1-6-10-14-18-22-24-28-32-36-47(34-30-26-20-16-12-8-3)44-75-70(77)55-39-49-51-38-46(5)81-68(51)53-41-57-61-56(71(78)76(72(57)79)45-48(35-31-27-21-17-13-9-4)37-33-29-25-23-19-15-11-7-2)40-50-52-43-59(74)82-69(52)54-42-58(73(75)80)60(55)66-62(49)64(53)67(61)63(50)65(54)66/h38-43,47-48H,6-37,44-45H2,1-5H3. The minimum absolute atomic E-state index is 0.189. The molecule has 4 aromatic heterocycles. The highest BCUT2D eigenvalue weighted by atomic mass is 32.1. The Hall–Kier alpha value is -4.86. The van der Waals surface area contributed by atoms with Gasteiger partial charge in [0.15, 0.2) is 0 Å². The monoisotopic (exact) mass is 1130 g/mol. The van der Waals surface area contributed by atoms with Crippen molar-refractivity contribution in [3.63, 3.8) is 0 Å². The van der Waals surface area contributed by atoms with Crippen molar-refractivity contribution in [1.29, 1.82) is 0 Å². The van der Waals surface area contributed by atoms with E-state index in [4.69, 9.17) is 7.85 Å². The van der Waals surface area contributed by atoms with Crippen LogP contribution in [0.25, 0.3) is 106 Å². The van der Waals surface area contributed by atoms with Crippen LogP contribution in [0.5, 0.6) is 0 Å². The van der Waals surface area contributed by atoms with Crippen LogP contribution in [0.2, 0.25) is 0 Å². The molecule has 0 saturated carbocycles. The van der Waals surface area contributed by atoms with E-state index in [1.807, 2.05) is 0 Å². The molecule has 2 radical (unpaired) electrons. The van der Waals surface area contributed by atoms with Crippen LogP contribution in [0, 0.1) is 18.8 Å². The molecule has 432 valence electrons. The lowest BCUT2D eigenvalue weighted by Gasteiger charge is -2.25. The van der Waals surface area contributed by atoms with Gasteiger partial charge in [0, 0.05) is 103 Å². The number of nitrogens with zero attached hydrogens (tertiary/aromatic N) is 2. The number of fused-ring (bicyclic) bond motifs is 6. The van der Waals surface area contributed by atoms with Crippen molar-refractivity contribution in [3.8, 4) is 0 Å². The zero-order chi connectivity index (χ0) is 57.0. The van der Waals surface area contributed by atoms with Crippen molar-refractivity contribution in [1.82, 2.24) is 9.13 Å². The predicted octanol–water partition coefficient (Wildman–Crippen LogP) is 20.5. The molecule has 0 bridgehead atoms. The molecule has 0 spiro atoms. The van der Waals surface area contributed by atoms with E-state index < -0.39 is 0 Å². The highest BCUT2D eigenvalue weighted by Crippen LogP contribution is 2.56. The van der Waals surface area contributed by atoms with Crippen LogP contribution in [0.15, 0.2) is 55.6 Å². The Labute approximate surface area is 495 Å². The minimum atomic E-state index is -0.201. The van der Waals surface area contributed by atoms with Crippen LogP contribution < -0.4 is 27.0 Å². The molecule has 82 heavy (non-hydrogen) atoms. The molecule has 0 aliphatic rings. The first-order valence-electron chi connectivity index (χ1n) is 33.2. The second-order valence-corrected chi connectivity index (χ2v) is 28.0. The summed E-state index contributed by atoms with van der Waals surface area (Å²) < 4.78 is 6.01. The third-order valence-corrected chi connectivity index (χ3v) is 21.7. The second-order valence-electron chi connectivity index (χ2n) is 25.7. The van der Waals surface area contributed by atoms with Crippen molar-refractivity contribution in [3.05, 3.63) is 82.7 Å². The van der Waals surface area contributed by atoms with Gasteiger partial charge in [0.1, 0.15) is 7.85 Å². The lowest BCUT2D eigenvalue weighted by Crippen LogP contribution is -2.36. The quantitative estimate of drug-likeness (QED) is 0.0170. The topological polar surface area (TPSA) is 78.1 Å². The molecule has 2 unspecified atom stereocenters. The van der Waals surface area contributed by atoms with Crippen molar-refractivity contribution in [2.45, 2.75) is 253 Å². The summed E-state index contributed by atoms with van der Waals surface area (Å²) in [6.45, 7) is 12.1. The van der Waals surface area contributed by atoms with E-state index in [1.54, 1.807) is 20.5 Å². The Kier molecular flexibility index (Phi) is 19.1. The molecule has 2 atom stereocenters. The molecule has 0 amide bonds. The zero-order valence-corrected chi connectivity index (χ0v) is 52.2. The molecule has 6 nitrogen and oxygen atoms in total. The van der Waals surface area contributed by atoms with Crippen LogP contribution >= 0.6 is 22.7 Å². The lowest BCUT2D eigenvalue weighted by atomic mass is 9.78. The zero-order valence-electron chi connectivity index (χ0n) is 50.6. The number of aryl methyl sites for hydroxylation is 1. The summed E-state index contributed by atoms with van der Waals surface area (Å²) in [7, 11) is 6.88. The van der Waals surface area contributed by atoms with Gasteiger partial charge in [0.05, 0.1) is 0 Å². The Balaban J connectivity index is 1.08. The van der Waals surface area contributed by atoms with Gasteiger partial charge in [0.25, 0.3) is 22.2 Å². The Morgan fingerprint density at radius 3 is 0.976 bits per heavy atom. The molecule has 11 aromatic rings. The Bertz CT molecular complexity index is 3690. The van der Waals surface area contributed by atoms with E-state index in [0.29, 0.717) is 39.4 Å². The molecular weight excluding hydrogens is 1040 g/mol. The van der Waals surface area contributed by atoms with Crippen molar-refractivity contribution < 1.29 is 0 Å². The fraction of sp³-hybridized carbons (Fsp3) is 0.562. The highest BCUT2D eigenvalue weighted by molar-refractivity contribution is 7.27. The number of thiophene rings is 2. The molecule has 9 heteroatoms. The third kappa shape index (κ3) is 11.3. The Morgan fingerprint density at radius 2 is 0.622 bits per heavy atom. The number of benzene rings is 7. The van der Waals surface area contributed by atoms with Crippen LogP contribution in [0.3, 0.4) is 0 Å². The summed E-state index contributed by atoms with van der Waals surface area (Å²) in [6, 6.07) is 12.8. The number of pyridine rings is 2. The molecule has 0 aliphatic heterocycles. The first-order chi connectivity index (χ1) is 40.1. The second kappa shape index (κ2) is 26.6. The van der Waals surface area contributed by atoms with E-state index in [-0.39, 0.29) is 34.1 Å². The van der Waals surface area contributed by atoms with Gasteiger partial charge in [-0.2, -0.15) is 11.3 Å². The fourth-order valence-corrected chi connectivity index (χ4v) is 17.3. The van der Waals surface area contributed by atoms with Gasteiger partial charge in [-0.15, -0.1) is 11.3 Å². The highest BCUT2D eigenvalue weighted by Gasteiger charge is 2.32. The number of aromatic nitrogens is 2. The first-order valence-corrected chi connectivity index (χ1v) is 34.8. The number of hydrogen-bond acceptors (Lipinski definition) is 6. The van der Waals surface area contributed by atoms with Crippen molar-refractivity contribution in [2.24, 2.45) is 11.8 Å². The van der Waals surface area contributed by atoms with Crippen molar-refractivity contribution >= 4 is 142 Å². The average molecular weight is 1140 g/mol. The van der Waals surface area contributed by atoms with Gasteiger partial charge >= 0.3 is 0 Å². The van der Waals surface area contributed by atoms with Crippen LogP contribution in [-0.4, -0.2) is 17.0 Å². The van der Waals surface area contributed by atoms with E-state index in [1.165, 1.54) is 165 Å². The normalized spacial score (nSPS) is 13.5. The third-order valence-electron chi connectivity index (χ3n) is 19.6. The maximum Gasteiger partial charge on any atom is 0.261 e. The van der Waals surface area contributed by atoms with Gasteiger partial charge < -0.3 is 0 Å². The van der Waals surface area contributed by atoms with E-state index >= 15 is 19.2 Å². The Morgan fingerprint density at radius 1 is 0.329 bits per heavy atom. The first kappa shape index (κ1) is 58.9. The summed E-state index contributed by atoms with van der Waals surface area (Å²) in [6.07, 6.45) is 38.7. The molecule has 7 aromatic carbocycles. The van der Waals surface area contributed by atoms with E-state index in [0.717, 1.165) is 141 Å². The van der Waals surface area contributed by atoms with Crippen LogP contribution in [-0.2, 0) is 13.1 Å². The molecule has 4 heterocycles. The largest absolute Gasteiger partial charge is 0.274 e. The summed E-state index contributed by atoms with van der Waals surface area (Å²) >= 11 is 3.28. The summed E-state index contributed by atoms with van der Waals surface area (Å²) in [4.78, 5) is 63.6. The fourth-order valence-electron chi connectivity index (χ4n) is 15.3. The molecule has 0 aliphatic carbocycles. The average Bonchev–Trinajstić information content (AvgIpc) is 1.70. The summed E-state index contributed by atoms with van der Waals surface area (Å²) in [5.74, 6) is 0.471. The van der Waals surface area contributed by atoms with Crippen molar-refractivity contribution in [2.75, 3.05) is 0 Å². The van der Waals surface area contributed by atoms with Crippen LogP contribution in [0.1, 0.15) is 238 Å². The molecule has 0 fully saturated rings. The minimum Gasteiger partial charge on any atom is -0.274 e. The summed E-state index contributed by atoms with van der Waals surface area (Å²) in [5, 5.41) is 15.7. The van der Waals surface area contributed by atoms with Gasteiger partial charge in [-0.3, -0.25) is 28.3 Å². The number of rotatable bonds is 36. The van der Waals surface area contributed by atoms with Gasteiger partial charge in [0.2, 0.25) is 0 Å². The van der Waals surface area contributed by atoms with Crippen LogP contribution in [0.4, 0.5) is 0 Å². The smallest absolute Gasteiger partial charge is 0.261 e. The lowest BCUT2D eigenvalue weighted by molar-refractivity contribution is 0.350. The van der Waals surface area contributed by atoms with E-state index in [9.17, 15) is 0 Å². The van der Waals surface area contributed by atoms with Gasteiger partial charge in [-0.05, 0) is 101 Å². The maximum atomic E-state index is 15.6. The predicted molar refractivity (Wildman–Crippen MR) is 362 cm³/mol. The van der Waals surface area contributed by atoms with Gasteiger partial charge in [-0.1, -0.05) is 214 Å². The number of unbranched alkanes of at least 4 members (excludes halogenated alkanes) is 24. The number of hydrogen-bond donors (Lipinski definition) is 0. The maximum absolute atomic E-state index is 15.6. The molecular formula is C73H91BN2O4S2. The molecule has 0 N–H and O–H groups in total. The van der Waals surface area contributed by atoms with E-state index in [2.05, 4.69) is 71.0 Å². The summed E-state index contributed by atoms with van der Waals surface area (Å²) in [5.41, 5.74) is -0.780. The SMILES string of the molecule is [B]c1cc2c3cc4c(=O)n(CC(CCCCCCCC)CCCCCCCCCC)c(=O)c5cc6c7sc(C)cc7c7cc8c(=O)n(CC(CCCCCCCC)CCCCCCCCCC)c(=O)c9cc(c2s1)c1c3c(c45)c6c7c1c89.